The zero-order valence-corrected chi connectivity index (χ0v) is 11.0. The van der Waals surface area contributed by atoms with E-state index in [2.05, 4.69) is 5.32 Å². The Hall–Kier alpha value is -2.38. The first-order valence-electron chi connectivity index (χ1n) is 5.54. The van der Waals surface area contributed by atoms with Crippen molar-refractivity contribution < 1.29 is 4.74 Å². The fourth-order valence-corrected chi connectivity index (χ4v) is 1.90. The average molecular weight is 274 g/mol. The van der Waals surface area contributed by atoms with Crippen molar-refractivity contribution in [1.82, 2.24) is 0 Å². The van der Waals surface area contributed by atoms with E-state index in [9.17, 15) is 0 Å². The van der Waals surface area contributed by atoms with Gasteiger partial charge in [0.2, 0.25) is 0 Å². The third-order valence-corrected chi connectivity index (χ3v) is 2.91. The molecule has 0 saturated heterocycles. The summed E-state index contributed by atoms with van der Waals surface area (Å²) in [7, 11) is 1.56. The van der Waals surface area contributed by atoms with Gasteiger partial charge in [0.1, 0.15) is 11.8 Å². The molecule has 3 N–H and O–H groups in total. The van der Waals surface area contributed by atoms with Gasteiger partial charge in [-0.2, -0.15) is 5.26 Å². The molecule has 19 heavy (non-hydrogen) atoms. The number of nitrogens with one attached hydrogen (secondary N) is 1. The molecule has 96 valence electrons. The molecule has 0 fully saturated rings. The number of rotatable bonds is 3. The lowest BCUT2D eigenvalue weighted by atomic mass is 10.1. The van der Waals surface area contributed by atoms with Crippen LogP contribution < -0.4 is 15.8 Å². The summed E-state index contributed by atoms with van der Waals surface area (Å²) < 4.78 is 5.08. The molecule has 0 aliphatic rings. The predicted molar refractivity (Wildman–Crippen MR) is 76.9 cm³/mol. The number of nitrogens with zero attached hydrogens (tertiary/aromatic N) is 1. The van der Waals surface area contributed by atoms with Gasteiger partial charge in [-0.3, -0.25) is 0 Å². The fraction of sp³-hybridized carbons (Fsp3) is 0.0714. The topological polar surface area (TPSA) is 71.1 Å². The molecule has 2 rings (SSSR count). The number of nitriles is 1. The number of benzene rings is 2. The fourth-order valence-electron chi connectivity index (χ4n) is 1.64. The number of methoxy groups -OCH3 is 1. The summed E-state index contributed by atoms with van der Waals surface area (Å²) in [6, 6.07) is 12.6. The van der Waals surface area contributed by atoms with E-state index >= 15 is 0 Å². The smallest absolute Gasteiger partial charge is 0.137 e. The van der Waals surface area contributed by atoms with Gasteiger partial charge in [-0.05, 0) is 36.4 Å². The monoisotopic (exact) mass is 273 g/mol. The second-order valence-corrected chi connectivity index (χ2v) is 4.30. The van der Waals surface area contributed by atoms with Crippen LogP contribution in [0.4, 0.5) is 17.1 Å². The Morgan fingerprint density at radius 1 is 1.21 bits per heavy atom. The third-order valence-electron chi connectivity index (χ3n) is 2.61. The standard InChI is InChI=1S/C14H12ClN3O/c1-19-14-5-3-11(7-12(14)15)18-10-2-4-13(17)9(6-10)8-16/h2-7,18H,17H2,1H3. The summed E-state index contributed by atoms with van der Waals surface area (Å²) in [4.78, 5) is 0. The number of hydrogen-bond acceptors (Lipinski definition) is 4. The van der Waals surface area contributed by atoms with Gasteiger partial charge in [0.25, 0.3) is 0 Å². The van der Waals surface area contributed by atoms with Crippen LogP contribution in [0.3, 0.4) is 0 Å². The number of nitrogens with two attached hydrogens (primary N) is 1. The van der Waals surface area contributed by atoms with Crippen LogP contribution in [0.1, 0.15) is 5.56 Å². The number of anilines is 3. The van der Waals surface area contributed by atoms with E-state index in [1.807, 2.05) is 12.1 Å². The molecule has 0 aliphatic heterocycles. The Kier molecular flexibility index (Phi) is 3.79. The summed E-state index contributed by atoms with van der Waals surface area (Å²) in [6.45, 7) is 0. The van der Waals surface area contributed by atoms with Gasteiger partial charge in [0, 0.05) is 17.1 Å². The quantitative estimate of drug-likeness (QED) is 0.839. The Bertz CT molecular complexity index is 650. The van der Waals surface area contributed by atoms with E-state index in [1.165, 1.54) is 0 Å². The second-order valence-electron chi connectivity index (χ2n) is 3.89. The lowest BCUT2D eigenvalue weighted by Gasteiger charge is -2.09. The summed E-state index contributed by atoms with van der Waals surface area (Å²) in [5.41, 5.74) is 8.14. The molecular formula is C14H12ClN3O. The van der Waals surface area contributed by atoms with Crippen LogP contribution in [-0.4, -0.2) is 7.11 Å². The summed E-state index contributed by atoms with van der Waals surface area (Å²) in [5, 5.41) is 12.6. The highest BCUT2D eigenvalue weighted by atomic mass is 35.5. The summed E-state index contributed by atoms with van der Waals surface area (Å²) in [5.74, 6) is 0.613. The highest BCUT2D eigenvalue weighted by Gasteiger charge is 2.04. The molecule has 0 atom stereocenters. The van der Waals surface area contributed by atoms with Gasteiger partial charge in [0.15, 0.2) is 0 Å². The molecule has 2 aromatic carbocycles. The molecule has 5 heteroatoms. The first-order valence-corrected chi connectivity index (χ1v) is 5.92. The van der Waals surface area contributed by atoms with Crippen molar-refractivity contribution in [2.45, 2.75) is 0 Å². The third kappa shape index (κ3) is 2.90. The van der Waals surface area contributed by atoms with Gasteiger partial charge in [-0.15, -0.1) is 0 Å². The highest BCUT2D eigenvalue weighted by molar-refractivity contribution is 6.32. The molecule has 0 heterocycles. The van der Waals surface area contributed by atoms with Gasteiger partial charge in [-0.25, -0.2) is 0 Å². The summed E-state index contributed by atoms with van der Waals surface area (Å²) in [6.07, 6.45) is 0. The van der Waals surface area contributed by atoms with Crippen molar-refractivity contribution in [3.05, 3.63) is 47.0 Å². The molecule has 0 saturated carbocycles. The normalized spacial score (nSPS) is 9.74. The van der Waals surface area contributed by atoms with Crippen molar-refractivity contribution in [1.29, 1.82) is 5.26 Å². The minimum Gasteiger partial charge on any atom is -0.495 e. The molecule has 0 radical (unpaired) electrons. The van der Waals surface area contributed by atoms with E-state index in [4.69, 9.17) is 27.3 Å². The first-order chi connectivity index (χ1) is 9.13. The van der Waals surface area contributed by atoms with Crippen LogP contribution in [0.2, 0.25) is 5.02 Å². The van der Waals surface area contributed by atoms with Crippen molar-refractivity contribution in [2.24, 2.45) is 0 Å². The minimum atomic E-state index is 0.435. The predicted octanol–water partition coefficient (Wildman–Crippen LogP) is 3.55. The van der Waals surface area contributed by atoms with Crippen molar-refractivity contribution >= 4 is 28.7 Å². The maximum Gasteiger partial charge on any atom is 0.137 e. The molecular weight excluding hydrogens is 262 g/mol. The largest absolute Gasteiger partial charge is 0.495 e. The summed E-state index contributed by atoms with van der Waals surface area (Å²) >= 11 is 6.04. The van der Waals surface area contributed by atoms with Gasteiger partial charge in [0.05, 0.1) is 17.7 Å². The van der Waals surface area contributed by atoms with Crippen molar-refractivity contribution in [3.63, 3.8) is 0 Å². The maximum atomic E-state index is 8.93. The first kappa shape index (κ1) is 13.1. The Labute approximate surface area is 116 Å². The molecule has 0 bridgehead atoms. The van der Waals surface area contributed by atoms with E-state index < -0.39 is 0 Å². The van der Waals surface area contributed by atoms with Crippen LogP contribution in [-0.2, 0) is 0 Å². The maximum absolute atomic E-state index is 8.93. The Morgan fingerprint density at radius 3 is 2.53 bits per heavy atom. The van der Waals surface area contributed by atoms with Crippen molar-refractivity contribution in [3.8, 4) is 11.8 Å². The second kappa shape index (κ2) is 5.51. The zero-order valence-electron chi connectivity index (χ0n) is 10.3. The molecule has 0 unspecified atom stereocenters. The van der Waals surface area contributed by atoms with E-state index in [-0.39, 0.29) is 0 Å². The molecule has 0 aromatic heterocycles. The van der Waals surface area contributed by atoms with Gasteiger partial charge >= 0.3 is 0 Å². The lowest BCUT2D eigenvalue weighted by molar-refractivity contribution is 0.415. The zero-order chi connectivity index (χ0) is 13.8. The van der Waals surface area contributed by atoms with Crippen LogP contribution in [0.5, 0.6) is 5.75 Å². The average Bonchev–Trinajstić information content (AvgIpc) is 2.41. The number of halogens is 1. The minimum absolute atomic E-state index is 0.435. The van der Waals surface area contributed by atoms with Crippen LogP contribution in [0.25, 0.3) is 0 Å². The molecule has 0 spiro atoms. The van der Waals surface area contributed by atoms with Crippen LogP contribution >= 0.6 is 11.6 Å². The van der Waals surface area contributed by atoms with Gasteiger partial charge in [-0.1, -0.05) is 11.6 Å². The Morgan fingerprint density at radius 2 is 1.89 bits per heavy atom. The SMILES string of the molecule is COc1ccc(Nc2ccc(N)c(C#N)c2)cc1Cl. The van der Waals surface area contributed by atoms with E-state index in [0.717, 1.165) is 11.4 Å². The van der Waals surface area contributed by atoms with E-state index in [1.54, 1.807) is 37.4 Å². The lowest BCUT2D eigenvalue weighted by Crippen LogP contribution is -1.95. The number of hydrogen-bond donors (Lipinski definition) is 2. The highest BCUT2D eigenvalue weighted by Crippen LogP contribution is 2.29. The number of ether oxygens (including phenoxy) is 1. The molecule has 4 nitrogen and oxygen atoms in total. The Balaban J connectivity index is 2.26. The number of nitrogen functional groups attached to an aromatic ring is 1. The van der Waals surface area contributed by atoms with Crippen LogP contribution in [0.15, 0.2) is 36.4 Å². The van der Waals surface area contributed by atoms with Crippen molar-refractivity contribution in [2.75, 3.05) is 18.2 Å². The van der Waals surface area contributed by atoms with E-state index in [0.29, 0.717) is 22.0 Å². The molecule has 0 amide bonds. The van der Waals surface area contributed by atoms with Gasteiger partial charge < -0.3 is 15.8 Å². The van der Waals surface area contributed by atoms with Crippen LogP contribution in [0, 0.1) is 11.3 Å². The molecule has 2 aromatic rings. The molecule has 0 aliphatic carbocycles.